The van der Waals surface area contributed by atoms with Crippen molar-refractivity contribution in [1.82, 2.24) is 0 Å². The highest BCUT2D eigenvalue weighted by atomic mass is 35.5. The maximum Gasteiger partial charge on any atom is 0.162 e. The summed E-state index contributed by atoms with van der Waals surface area (Å²) in [5.41, 5.74) is 7.91. The average Bonchev–Trinajstić information content (AvgIpc) is 2.78. The van der Waals surface area contributed by atoms with Gasteiger partial charge < -0.3 is 15.2 Å². The molecule has 2 aliphatic rings. The van der Waals surface area contributed by atoms with Gasteiger partial charge in [-0.05, 0) is 28.4 Å². The lowest BCUT2D eigenvalue weighted by molar-refractivity contribution is 0.171. The molecule has 1 unspecified atom stereocenters. The lowest BCUT2D eigenvalue weighted by Crippen LogP contribution is -2.19. The number of fused-ring (bicyclic) bond motifs is 1. The third-order valence-electron chi connectivity index (χ3n) is 5.51. The second-order valence-corrected chi connectivity index (χ2v) is 7.37. The highest BCUT2D eigenvalue weighted by molar-refractivity contribution is 6.31. The van der Waals surface area contributed by atoms with Crippen LogP contribution in [0.3, 0.4) is 0 Å². The quantitative estimate of drug-likeness (QED) is 0.903. The van der Waals surface area contributed by atoms with Crippen molar-refractivity contribution in [3.05, 3.63) is 22.7 Å². The van der Waals surface area contributed by atoms with Gasteiger partial charge in [0.25, 0.3) is 0 Å². The smallest absolute Gasteiger partial charge is 0.162 e. The molecule has 1 aliphatic heterocycles. The van der Waals surface area contributed by atoms with Crippen LogP contribution in [0.5, 0.6) is 11.5 Å². The van der Waals surface area contributed by atoms with Crippen LogP contribution in [-0.4, -0.2) is 13.2 Å². The van der Waals surface area contributed by atoms with Crippen molar-refractivity contribution in [3.63, 3.8) is 0 Å². The Labute approximate surface area is 125 Å². The van der Waals surface area contributed by atoms with Crippen LogP contribution in [0.15, 0.2) is 12.1 Å². The van der Waals surface area contributed by atoms with Crippen molar-refractivity contribution in [3.8, 4) is 11.5 Å². The van der Waals surface area contributed by atoms with Crippen molar-refractivity contribution < 1.29 is 9.47 Å². The molecule has 110 valence electrons. The van der Waals surface area contributed by atoms with Crippen molar-refractivity contribution in [2.45, 2.75) is 33.7 Å². The standard InChI is InChI=1S/C16H22ClNO2/c1-15(2)14(16(15,3)4)13(18)9-7-11-12(8-10(9)17)20-6-5-19-11/h7-8,13-14H,5-6,18H2,1-4H3. The summed E-state index contributed by atoms with van der Waals surface area (Å²) in [6, 6.07) is 3.70. The lowest BCUT2D eigenvalue weighted by Gasteiger charge is -2.22. The minimum atomic E-state index is -0.0803. The van der Waals surface area contributed by atoms with E-state index in [4.69, 9.17) is 26.8 Å². The van der Waals surface area contributed by atoms with Gasteiger partial charge in [0.15, 0.2) is 11.5 Å². The molecule has 1 aliphatic carbocycles. The SMILES string of the molecule is CC1(C)C(C(N)c2cc3c(cc2Cl)OCCO3)C1(C)C. The van der Waals surface area contributed by atoms with Gasteiger partial charge >= 0.3 is 0 Å². The molecular formula is C16H22ClNO2. The minimum Gasteiger partial charge on any atom is -0.486 e. The molecule has 3 nitrogen and oxygen atoms in total. The van der Waals surface area contributed by atoms with Gasteiger partial charge in [0.1, 0.15) is 13.2 Å². The summed E-state index contributed by atoms with van der Waals surface area (Å²) >= 11 is 6.40. The van der Waals surface area contributed by atoms with Crippen molar-refractivity contribution >= 4 is 11.6 Å². The number of ether oxygens (including phenoxy) is 2. The third kappa shape index (κ3) is 1.83. The molecule has 3 rings (SSSR count). The molecule has 0 spiro atoms. The summed E-state index contributed by atoms with van der Waals surface area (Å²) in [4.78, 5) is 0. The van der Waals surface area contributed by atoms with E-state index in [1.165, 1.54) is 0 Å². The summed E-state index contributed by atoms with van der Waals surface area (Å²) in [7, 11) is 0. The Morgan fingerprint density at radius 3 is 2.10 bits per heavy atom. The zero-order chi connectivity index (χ0) is 14.7. The number of halogens is 1. The van der Waals surface area contributed by atoms with Crippen LogP contribution in [0, 0.1) is 16.7 Å². The summed E-state index contributed by atoms with van der Waals surface area (Å²) in [5.74, 6) is 1.88. The van der Waals surface area contributed by atoms with Crippen LogP contribution in [0.4, 0.5) is 0 Å². The van der Waals surface area contributed by atoms with Gasteiger partial charge in [-0.15, -0.1) is 0 Å². The Bertz CT molecular complexity index is 540. The summed E-state index contributed by atoms with van der Waals surface area (Å²) in [5, 5.41) is 0.667. The number of benzene rings is 1. The van der Waals surface area contributed by atoms with Crippen molar-refractivity contribution in [2.24, 2.45) is 22.5 Å². The molecule has 1 aromatic rings. The van der Waals surface area contributed by atoms with E-state index >= 15 is 0 Å². The number of nitrogens with two attached hydrogens (primary N) is 1. The molecular weight excluding hydrogens is 274 g/mol. The molecule has 4 heteroatoms. The third-order valence-corrected chi connectivity index (χ3v) is 5.84. The fourth-order valence-electron chi connectivity index (χ4n) is 3.66. The molecule has 0 aromatic heterocycles. The monoisotopic (exact) mass is 295 g/mol. The first kappa shape index (κ1) is 14.0. The summed E-state index contributed by atoms with van der Waals surface area (Å²) < 4.78 is 11.2. The highest BCUT2D eigenvalue weighted by Crippen LogP contribution is 2.72. The van der Waals surface area contributed by atoms with Crippen molar-refractivity contribution in [2.75, 3.05) is 13.2 Å². The maximum absolute atomic E-state index is 6.50. The fraction of sp³-hybridized carbons (Fsp3) is 0.625. The topological polar surface area (TPSA) is 44.5 Å². The van der Waals surface area contributed by atoms with Gasteiger partial charge in [-0.1, -0.05) is 39.3 Å². The van der Waals surface area contributed by atoms with Crippen LogP contribution in [0.25, 0.3) is 0 Å². The lowest BCUT2D eigenvalue weighted by atomic mass is 9.97. The van der Waals surface area contributed by atoms with Crippen molar-refractivity contribution in [1.29, 1.82) is 0 Å². The van der Waals surface area contributed by atoms with Gasteiger partial charge in [-0.3, -0.25) is 0 Å². The van der Waals surface area contributed by atoms with Gasteiger partial charge in [-0.2, -0.15) is 0 Å². The number of hydrogen-bond acceptors (Lipinski definition) is 3. The Morgan fingerprint density at radius 1 is 1.10 bits per heavy atom. The van der Waals surface area contributed by atoms with Crippen LogP contribution in [0.1, 0.15) is 39.3 Å². The van der Waals surface area contributed by atoms with Gasteiger partial charge in [0.2, 0.25) is 0 Å². The maximum atomic E-state index is 6.50. The van der Waals surface area contributed by atoms with E-state index in [0.29, 0.717) is 29.9 Å². The molecule has 0 saturated heterocycles. The molecule has 1 heterocycles. The van der Waals surface area contributed by atoms with Crippen LogP contribution in [-0.2, 0) is 0 Å². The molecule has 0 bridgehead atoms. The highest BCUT2D eigenvalue weighted by Gasteiger charge is 2.66. The number of rotatable bonds is 2. The largest absolute Gasteiger partial charge is 0.486 e. The first-order valence-electron chi connectivity index (χ1n) is 7.11. The van der Waals surface area contributed by atoms with E-state index in [1.54, 1.807) is 0 Å². The first-order valence-corrected chi connectivity index (χ1v) is 7.49. The Hall–Kier alpha value is -0.930. The van der Waals surface area contributed by atoms with Gasteiger partial charge in [-0.25, -0.2) is 0 Å². The Balaban J connectivity index is 1.95. The second kappa shape index (κ2) is 4.28. The fourth-order valence-corrected chi connectivity index (χ4v) is 3.94. The Morgan fingerprint density at radius 2 is 1.60 bits per heavy atom. The molecule has 1 aromatic carbocycles. The van der Waals surface area contributed by atoms with E-state index in [9.17, 15) is 0 Å². The molecule has 0 radical (unpaired) electrons. The van der Waals surface area contributed by atoms with E-state index in [0.717, 1.165) is 11.3 Å². The molecule has 1 atom stereocenters. The summed E-state index contributed by atoms with van der Waals surface area (Å²) in [6.07, 6.45) is 0. The molecule has 2 N–H and O–H groups in total. The molecule has 1 fully saturated rings. The molecule has 20 heavy (non-hydrogen) atoms. The predicted molar refractivity (Wildman–Crippen MR) is 80.4 cm³/mol. The van der Waals surface area contributed by atoms with Crippen LogP contribution >= 0.6 is 11.6 Å². The first-order chi connectivity index (χ1) is 9.26. The second-order valence-electron chi connectivity index (χ2n) is 6.96. The van der Waals surface area contributed by atoms with E-state index in [1.807, 2.05) is 12.1 Å². The summed E-state index contributed by atoms with van der Waals surface area (Å²) in [6.45, 7) is 10.2. The predicted octanol–water partition coefficient (Wildman–Crippen LogP) is 3.79. The zero-order valence-corrected chi connectivity index (χ0v) is 13.3. The average molecular weight is 296 g/mol. The molecule has 1 saturated carbocycles. The number of hydrogen-bond donors (Lipinski definition) is 1. The zero-order valence-electron chi connectivity index (χ0n) is 12.5. The van der Waals surface area contributed by atoms with Crippen LogP contribution in [0.2, 0.25) is 5.02 Å². The van der Waals surface area contributed by atoms with E-state index in [2.05, 4.69) is 27.7 Å². The van der Waals surface area contributed by atoms with E-state index in [-0.39, 0.29) is 16.9 Å². The van der Waals surface area contributed by atoms with Gasteiger partial charge in [0, 0.05) is 17.1 Å². The molecule has 0 amide bonds. The minimum absolute atomic E-state index is 0.0803. The normalized spacial score (nSPS) is 24.3. The van der Waals surface area contributed by atoms with Gasteiger partial charge in [0.05, 0.1) is 0 Å². The van der Waals surface area contributed by atoms with E-state index < -0.39 is 0 Å². The Kier molecular flexibility index (Phi) is 3.00. The van der Waals surface area contributed by atoms with Crippen LogP contribution < -0.4 is 15.2 Å².